The Hall–Kier alpha value is -3.99. The Labute approximate surface area is 180 Å². The fourth-order valence-corrected chi connectivity index (χ4v) is 2.78. The van der Waals surface area contributed by atoms with Crippen LogP contribution in [0.5, 0.6) is 11.5 Å². The average Bonchev–Trinajstić information content (AvgIpc) is 2.75. The van der Waals surface area contributed by atoms with Gasteiger partial charge in [0.25, 0.3) is 0 Å². The normalized spacial score (nSPS) is 10.3. The highest BCUT2D eigenvalue weighted by Crippen LogP contribution is 2.35. The number of carbonyl (C=O) groups is 2. The van der Waals surface area contributed by atoms with E-state index in [-0.39, 0.29) is 16.9 Å². The van der Waals surface area contributed by atoms with E-state index in [4.69, 9.17) is 9.47 Å². The van der Waals surface area contributed by atoms with Crippen LogP contribution in [-0.4, -0.2) is 11.9 Å². The zero-order valence-electron chi connectivity index (χ0n) is 17.3. The number of esters is 2. The molecule has 0 atom stereocenters. The summed E-state index contributed by atoms with van der Waals surface area (Å²) in [5.41, 5.74) is 3.24. The van der Waals surface area contributed by atoms with E-state index in [0.717, 1.165) is 5.56 Å². The summed E-state index contributed by atoms with van der Waals surface area (Å²) in [6.07, 6.45) is 0. The zero-order chi connectivity index (χ0) is 22.5. The second-order valence-electron chi connectivity index (χ2n) is 7.06. The predicted octanol–water partition coefficient (Wildman–Crippen LogP) is 6.12. The third-order valence-corrected chi connectivity index (χ3v) is 4.43. The third kappa shape index (κ3) is 5.14. The smallest absolute Gasteiger partial charge is 0.338 e. The van der Waals surface area contributed by atoms with Gasteiger partial charge in [0, 0.05) is 16.7 Å². The number of hydrogen-bond donors (Lipinski definition) is 0. The first kappa shape index (κ1) is 21.7. The Kier molecular flexibility index (Phi) is 6.46. The van der Waals surface area contributed by atoms with Gasteiger partial charge in [0.2, 0.25) is 0 Å². The van der Waals surface area contributed by atoms with Crippen molar-refractivity contribution in [2.45, 2.75) is 13.8 Å². The van der Waals surface area contributed by atoms with Crippen LogP contribution in [0.4, 0.5) is 4.39 Å². The van der Waals surface area contributed by atoms with Crippen LogP contribution in [0.25, 0.3) is 22.3 Å². The van der Waals surface area contributed by atoms with Crippen molar-refractivity contribution < 1.29 is 23.5 Å². The maximum atomic E-state index is 14.5. The van der Waals surface area contributed by atoms with Crippen molar-refractivity contribution in [3.05, 3.63) is 96.9 Å². The van der Waals surface area contributed by atoms with E-state index in [2.05, 4.69) is 13.2 Å². The van der Waals surface area contributed by atoms with Crippen LogP contribution in [-0.2, 0) is 9.59 Å². The number of hydrogen-bond acceptors (Lipinski definition) is 4. The van der Waals surface area contributed by atoms with Crippen molar-refractivity contribution in [1.29, 1.82) is 0 Å². The number of benzene rings is 3. The highest BCUT2D eigenvalue weighted by molar-refractivity contribution is 5.91. The molecule has 0 saturated heterocycles. The summed E-state index contributed by atoms with van der Waals surface area (Å²) in [4.78, 5) is 23.7. The predicted molar refractivity (Wildman–Crippen MR) is 118 cm³/mol. The molecule has 3 aromatic rings. The van der Waals surface area contributed by atoms with E-state index in [1.54, 1.807) is 25.1 Å². The van der Waals surface area contributed by atoms with Crippen LogP contribution >= 0.6 is 0 Å². The van der Waals surface area contributed by atoms with E-state index in [1.807, 2.05) is 36.4 Å². The zero-order valence-corrected chi connectivity index (χ0v) is 17.3. The minimum atomic E-state index is -0.693. The first-order valence-corrected chi connectivity index (χ1v) is 9.51. The van der Waals surface area contributed by atoms with E-state index in [1.165, 1.54) is 19.1 Å². The lowest BCUT2D eigenvalue weighted by atomic mass is 9.98. The minimum absolute atomic E-state index is 0.174. The van der Waals surface area contributed by atoms with Gasteiger partial charge in [-0.15, -0.1) is 0 Å². The van der Waals surface area contributed by atoms with Crippen molar-refractivity contribution >= 4 is 11.9 Å². The van der Waals surface area contributed by atoms with Crippen LogP contribution in [0.3, 0.4) is 0 Å². The molecule has 4 nitrogen and oxygen atoms in total. The molecule has 0 saturated carbocycles. The molecule has 3 aromatic carbocycles. The summed E-state index contributed by atoms with van der Waals surface area (Å²) in [5.74, 6) is -1.70. The molecule has 0 unspecified atom stereocenters. The van der Waals surface area contributed by atoms with Gasteiger partial charge in [0.1, 0.15) is 5.75 Å². The molecule has 3 rings (SSSR count). The molecule has 0 aliphatic heterocycles. The van der Waals surface area contributed by atoms with Crippen molar-refractivity contribution in [2.75, 3.05) is 0 Å². The van der Waals surface area contributed by atoms with Crippen molar-refractivity contribution in [3.63, 3.8) is 0 Å². The second-order valence-corrected chi connectivity index (χ2v) is 7.06. The van der Waals surface area contributed by atoms with Gasteiger partial charge < -0.3 is 9.47 Å². The lowest BCUT2D eigenvalue weighted by Crippen LogP contribution is -2.09. The van der Waals surface area contributed by atoms with Gasteiger partial charge in [-0.1, -0.05) is 55.6 Å². The summed E-state index contributed by atoms with van der Waals surface area (Å²) >= 11 is 0. The van der Waals surface area contributed by atoms with Crippen LogP contribution < -0.4 is 9.47 Å². The molecule has 0 bridgehead atoms. The highest BCUT2D eigenvalue weighted by atomic mass is 19.1. The monoisotopic (exact) mass is 416 g/mol. The molecule has 0 aliphatic carbocycles. The molecule has 0 N–H and O–H groups in total. The Bertz CT molecular complexity index is 1180. The summed E-state index contributed by atoms with van der Waals surface area (Å²) < 4.78 is 25.0. The molecule has 0 amide bonds. The fraction of sp³-hybridized carbons (Fsp3) is 0.0769. The maximum absolute atomic E-state index is 14.5. The Morgan fingerprint density at radius 3 is 1.77 bits per heavy atom. The maximum Gasteiger partial charge on any atom is 0.338 e. The molecule has 0 aromatic heterocycles. The lowest BCUT2D eigenvalue weighted by Gasteiger charge is -2.13. The van der Waals surface area contributed by atoms with Gasteiger partial charge in [-0.3, -0.25) is 0 Å². The highest BCUT2D eigenvalue weighted by Gasteiger charge is 2.15. The number of halogens is 1. The SMILES string of the molecule is C=C(C)C(=O)Oc1ccc(-c2ccc(OC(=O)C(=C)C)c(-c3ccccc3)c2)cc1F. The van der Waals surface area contributed by atoms with Gasteiger partial charge in [-0.2, -0.15) is 0 Å². The van der Waals surface area contributed by atoms with Crippen LogP contribution in [0, 0.1) is 5.82 Å². The third-order valence-electron chi connectivity index (χ3n) is 4.43. The summed E-state index contributed by atoms with van der Waals surface area (Å²) in [6, 6.07) is 18.9. The summed E-state index contributed by atoms with van der Waals surface area (Å²) in [6.45, 7) is 10.2. The van der Waals surface area contributed by atoms with E-state index in [9.17, 15) is 14.0 Å². The van der Waals surface area contributed by atoms with E-state index in [0.29, 0.717) is 22.4 Å². The number of ether oxygens (including phenoxy) is 2. The first-order valence-electron chi connectivity index (χ1n) is 9.51. The second kappa shape index (κ2) is 9.22. The Morgan fingerprint density at radius 1 is 0.710 bits per heavy atom. The molecule has 0 heterocycles. The molecule has 31 heavy (non-hydrogen) atoms. The van der Waals surface area contributed by atoms with Crippen molar-refractivity contribution in [1.82, 2.24) is 0 Å². The first-order chi connectivity index (χ1) is 14.8. The molecular formula is C26H21FO4. The van der Waals surface area contributed by atoms with Gasteiger partial charge in [-0.25, -0.2) is 14.0 Å². The number of rotatable bonds is 6. The molecule has 156 valence electrons. The largest absolute Gasteiger partial charge is 0.423 e. The number of carbonyl (C=O) groups excluding carboxylic acids is 2. The van der Waals surface area contributed by atoms with Crippen molar-refractivity contribution in [3.8, 4) is 33.8 Å². The van der Waals surface area contributed by atoms with Crippen LogP contribution in [0.1, 0.15) is 13.8 Å². The van der Waals surface area contributed by atoms with Gasteiger partial charge in [-0.05, 0) is 54.8 Å². The summed E-state index contributed by atoms with van der Waals surface area (Å²) in [7, 11) is 0. The quantitative estimate of drug-likeness (QED) is 0.276. The molecule has 0 fully saturated rings. The standard InChI is InChI=1S/C26H21FO4/c1-16(2)25(28)30-23-12-10-19(14-21(23)18-8-6-5-7-9-18)20-11-13-24(22(27)15-20)31-26(29)17(3)4/h5-15H,1,3H2,2,4H3. The Morgan fingerprint density at radius 2 is 1.23 bits per heavy atom. The molecule has 5 heteroatoms. The van der Waals surface area contributed by atoms with Crippen LogP contribution in [0.15, 0.2) is 91.0 Å². The topological polar surface area (TPSA) is 52.6 Å². The molecule has 0 spiro atoms. The fourth-order valence-electron chi connectivity index (χ4n) is 2.78. The lowest BCUT2D eigenvalue weighted by molar-refractivity contribution is -0.131. The average molecular weight is 416 g/mol. The van der Waals surface area contributed by atoms with Crippen molar-refractivity contribution in [2.24, 2.45) is 0 Å². The summed E-state index contributed by atoms with van der Waals surface area (Å²) in [5, 5.41) is 0. The van der Waals surface area contributed by atoms with Gasteiger partial charge in [0.15, 0.2) is 11.6 Å². The van der Waals surface area contributed by atoms with E-state index >= 15 is 0 Å². The van der Waals surface area contributed by atoms with Crippen LogP contribution in [0.2, 0.25) is 0 Å². The van der Waals surface area contributed by atoms with E-state index < -0.39 is 17.8 Å². The molecule has 0 aliphatic rings. The Balaban J connectivity index is 2.01. The molecule has 0 radical (unpaired) electrons. The molecular weight excluding hydrogens is 395 g/mol. The minimum Gasteiger partial charge on any atom is -0.423 e. The van der Waals surface area contributed by atoms with Gasteiger partial charge in [0.05, 0.1) is 0 Å². The van der Waals surface area contributed by atoms with Gasteiger partial charge >= 0.3 is 11.9 Å².